The van der Waals surface area contributed by atoms with E-state index in [-0.39, 0.29) is 5.91 Å². The van der Waals surface area contributed by atoms with Crippen LogP contribution >= 0.6 is 0 Å². The Kier molecular flexibility index (Phi) is 3.52. The molecule has 0 aliphatic rings. The summed E-state index contributed by atoms with van der Waals surface area (Å²) < 4.78 is 5.27. The van der Waals surface area contributed by atoms with Gasteiger partial charge in [-0.3, -0.25) is 9.78 Å². The van der Waals surface area contributed by atoms with Gasteiger partial charge in [0.15, 0.2) is 5.82 Å². The molecule has 0 fully saturated rings. The number of aromatic nitrogens is 2. The van der Waals surface area contributed by atoms with E-state index in [0.29, 0.717) is 17.3 Å². The van der Waals surface area contributed by atoms with Crippen LogP contribution in [0.5, 0.6) is 5.75 Å². The van der Waals surface area contributed by atoms with E-state index < -0.39 is 0 Å². The summed E-state index contributed by atoms with van der Waals surface area (Å²) >= 11 is 0. The van der Waals surface area contributed by atoms with Gasteiger partial charge in [-0.05, 0) is 12.1 Å². The Morgan fingerprint density at radius 3 is 2.78 bits per heavy atom. The van der Waals surface area contributed by atoms with Crippen molar-refractivity contribution in [2.75, 3.05) is 12.4 Å². The number of carbonyl (C=O) groups is 1. The summed E-state index contributed by atoms with van der Waals surface area (Å²) in [6.07, 6.45) is 3.13. The molecule has 0 unspecified atom stereocenters. The van der Waals surface area contributed by atoms with Crippen molar-refractivity contribution in [3.63, 3.8) is 0 Å². The molecule has 5 nitrogen and oxygen atoms in total. The maximum Gasteiger partial charge on any atom is 0.222 e. The average Bonchev–Trinajstić information content (AvgIpc) is 2.38. The Morgan fingerprint density at radius 2 is 2.06 bits per heavy atom. The van der Waals surface area contributed by atoms with Crippen LogP contribution in [0, 0.1) is 0 Å². The highest BCUT2D eigenvalue weighted by Gasteiger charge is 2.07. The molecule has 0 aliphatic heterocycles. The maximum atomic E-state index is 11.0. The molecule has 1 N–H and O–H groups in total. The van der Waals surface area contributed by atoms with Gasteiger partial charge >= 0.3 is 0 Å². The minimum absolute atomic E-state index is 0.179. The van der Waals surface area contributed by atoms with E-state index >= 15 is 0 Å². The van der Waals surface area contributed by atoms with Gasteiger partial charge in [0, 0.05) is 12.5 Å². The van der Waals surface area contributed by atoms with Gasteiger partial charge in [0.2, 0.25) is 5.91 Å². The van der Waals surface area contributed by atoms with Crippen LogP contribution in [0.15, 0.2) is 36.7 Å². The third-order valence-corrected chi connectivity index (χ3v) is 2.32. The van der Waals surface area contributed by atoms with Gasteiger partial charge in [-0.2, -0.15) is 0 Å². The Labute approximate surface area is 105 Å². The standard InChI is InChI=1S/C13H13N3O2/c1-9(17)15-13-8-14-7-11(16-13)10-5-3-4-6-12(10)18-2/h3-8H,1-2H3,(H,15,16,17). The van der Waals surface area contributed by atoms with Crippen LogP contribution in [0.4, 0.5) is 5.82 Å². The van der Waals surface area contributed by atoms with E-state index in [4.69, 9.17) is 4.74 Å². The molecule has 0 radical (unpaired) electrons. The van der Waals surface area contributed by atoms with Crippen LogP contribution in [-0.4, -0.2) is 23.0 Å². The van der Waals surface area contributed by atoms with Crippen molar-refractivity contribution in [2.24, 2.45) is 0 Å². The molecule has 1 heterocycles. The number of benzene rings is 1. The van der Waals surface area contributed by atoms with Crippen molar-refractivity contribution in [1.29, 1.82) is 0 Å². The highest BCUT2D eigenvalue weighted by Crippen LogP contribution is 2.27. The van der Waals surface area contributed by atoms with Crippen LogP contribution in [0.25, 0.3) is 11.3 Å². The molecule has 1 aromatic carbocycles. The predicted molar refractivity (Wildman–Crippen MR) is 68.3 cm³/mol. The molecule has 1 aromatic heterocycles. The highest BCUT2D eigenvalue weighted by molar-refractivity contribution is 5.87. The Bertz CT molecular complexity index is 570. The van der Waals surface area contributed by atoms with Crippen LogP contribution in [0.2, 0.25) is 0 Å². The molecule has 0 saturated heterocycles. The van der Waals surface area contributed by atoms with Gasteiger partial charge in [0.1, 0.15) is 5.75 Å². The number of hydrogen-bond acceptors (Lipinski definition) is 4. The molecular formula is C13H13N3O2. The molecule has 1 amide bonds. The topological polar surface area (TPSA) is 64.1 Å². The van der Waals surface area contributed by atoms with Crippen molar-refractivity contribution in [2.45, 2.75) is 6.92 Å². The number of anilines is 1. The first kappa shape index (κ1) is 12.0. The number of rotatable bonds is 3. The summed E-state index contributed by atoms with van der Waals surface area (Å²) in [6.45, 7) is 1.43. The molecule has 5 heteroatoms. The maximum absolute atomic E-state index is 11.0. The lowest BCUT2D eigenvalue weighted by atomic mass is 10.1. The van der Waals surface area contributed by atoms with Crippen LogP contribution < -0.4 is 10.1 Å². The monoisotopic (exact) mass is 243 g/mol. The van der Waals surface area contributed by atoms with E-state index in [2.05, 4.69) is 15.3 Å². The van der Waals surface area contributed by atoms with Gasteiger partial charge in [-0.15, -0.1) is 0 Å². The summed E-state index contributed by atoms with van der Waals surface area (Å²) in [4.78, 5) is 19.4. The Balaban J connectivity index is 2.41. The quantitative estimate of drug-likeness (QED) is 0.896. The lowest BCUT2D eigenvalue weighted by Gasteiger charge is -2.08. The smallest absolute Gasteiger partial charge is 0.222 e. The first-order valence-corrected chi connectivity index (χ1v) is 5.43. The lowest BCUT2D eigenvalue weighted by Crippen LogP contribution is -2.08. The van der Waals surface area contributed by atoms with E-state index in [9.17, 15) is 4.79 Å². The average molecular weight is 243 g/mol. The molecule has 0 spiro atoms. The van der Waals surface area contributed by atoms with E-state index in [1.54, 1.807) is 13.3 Å². The fraction of sp³-hybridized carbons (Fsp3) is 0.154. The number of para-hydroxylation sites is 1. The minimum atomic E-state index is -0.179. The molecule has 92 valence electrons. The first-order valence-electron chi connectivity index (χ1n) is 5.43. The summed E-state index contributed by atoms with van der Waals surface area (Å²) in [5.74, 6) is 0.958. The number of amides is 1. The van der Waals surface area contributed by atoms with Gasteiger partial charge in [0.05, 0.1) is 25.2 Å². The molecule has 2 aromatic rings. The summed E-state index contributed by atoms with van der Waals surface area (Å²) in [7, 11) is 1.60. The molecule has 0 aliphatic carbocycles. The Hall–Kier alpha value is -2.43. The van der Waals surface area contributed by atoms with Crippen molar-refractivity contribution < 1.29 is 9.53 Å². The molecule has 18 heavy (non-hydrogen) atoms. The van der Waals surface area contributed by atoms with Crippen molar-refractivity contribution in [3.05, 3.63) is 36.7 Å². The minimum Gasteiger partial charge on any atom is -0.496 e. The van der Waals surface area contributed by atoms with Crippen molar-refractivity contribution in [3.8, 4) is 17.0 Å². The zero-order valence-electron chi connectivity index (χ0n) is 10.2. The van der Waals surface area contributed by atoms with Gasteiger partial charge in [-0.1, -0.05) is 12.1 Å². The predicted octanol–water partition coefficient (Wildman–Crippen LogP) is 2.11. The summed E-state index contributed by atoms with van der Waals surface area (Å²) in [5.41, 5.74) is 1.48. The van der Waals surface area contributed by atoms with E-state index in [0.717, 1.165) is 5.56 Å². The van der Waals surface area contributed by atoms with Crippen LogP contribution in [0.3, 0.4) is 0 Å². The third kappa shape index (κ3) is 2.63. The second-order valence-corrected chi connectivity index (χ2v) is 3.67. The van der Waals surface area contributed by atoms with E-state index in [1.165, 1.54) is 13.1 Å². The molecular weight excluding hydrogens is 230 g/mol. The molecule has 0 atom stereocenters. The summed E-state index contributed by atoms with van der Waals surface area (Å²) in [6, 6.07) is 7.51. The number of methoxy groups -OCH3 is 1. The highest BCUT2D eigenvalue weighted by atomic mass is 16.5. The molecule has 0 bridgehead atoms. The van der Waals surface area contributed by atoms with Gasteiger partial charge < -0.3 is 10.1 Å². The second kappa shape index (κ2) is 5.27. The molecule has 2 rings (SSSR count). The number of carbonyl (C=O) groups excluding carboxylic acids is 1. The number of nitrogens with one attached hydrogen (secondary N) is 1. The second-order valence-electron chi connectivity index (χ2n) is 3.67. The largest absolute Gasteiger partial charge is 0.496 e. The molecule has 0 saturated carbocycles. The van der Waals surface area contributed by atoms with Gasteiger partial charge in [0.25, 0.3) is 0 Å². The summed E-state index contributed by atoms with van der Waals surface area (Å²) in [5, 5.41) is 2.60. The number of nitrogens with zero attached hydrogens (tertiary/aromatic N) is 2. The first-order chi connectivity index (χ1) is 8.70. The normalized spacial score (nSPS) is 9.89. The number of ether oxygens (including phenoxy) is 1. The fourth-order valence-corrected chi connectivity index (χ4v) is 1.59. The van der Waals surface area contributed by atoms with Crippen LogP contribution in [0.1, 0.15) is 6.92 Å². The van der Waals surface area contributed by atoms with Crippen molar-refractivity contribution >= 4 is 11.7 Å². The SMILES string of the molecule is COc1ccccc1-c1cncc(NC(C)=O)n1. The number of hydrogen-bond donors (Lipinski definition) is 1. The van der Waals surface area contributed by atoms with Crippen LogP contribution in [-0.2, 0) is 4.79 Å². The fourth-order valence-electron chi connectivity index (χ4n) is 1.59. The van der Waals surface area contributed by atoms with Gasteiger partial charge in [-0.25, -0.2) is 4.98 Å². The van der Waals surface area contributed by atoms with E-state index in [1.807, 2.05) is 24.3 Å². The van der Waals surface area contributed by atoms with Crippen molar-refractivity contribution in [1.82, 2.24) is 9.97 Å². The Morgan fingerprint density at radius 1 is 1.28 bits per heavy atom. The lowest BCUT2D eigenvalue weighted by molar-refractivity contribution is -0.114. The zero-order chi connectivity index (χ0) is 13.0. The third-order valence-electron chi connectivity index (χ3n) is 2.32. The zero-order valence-corrected chi connectivity index (χ0v) is 10.2.